The number of sulfonamides is 1. The van der Waals surface area contributed by atoms with E-state index < -0.39 is 40.0 Å². The summed E-state index contributed by atoms with van der Waals surface area (Å²) < 4.78 is 26.5. The zero-order chi connectivity index (χ0) is 23.8. The van der Waals surface area contributed by atoms with Crippen LogP contribution in [0.4, 0.5) is 10.5 Å². The zero-order valence-corrected chi connectivity index (χ0v) is 19.3. The first-order valence-corrected chi connectivity index (χ1v) is 12.3. The number of hydrogen-bond donors (Lipinski definition) is 2. The van der Waals surface area contributed by atoms with Crippen molar-refractivity contribution in [3.05, 3.63) is 59.7 Å². The number of urea groups is 1. The molecule has 0 bridgehead atoms. The van der Waals surface area contributed by atoms with Crippen LogP contribution in [0.1, 0.15) is 31.4 Å². The van der Waals surface area contributed by atoms with E-state index in [1.165, 1.54) is 28.6 Å². The van der Waals surface area contributed by atoms with Gasteiger partial charge in [-0.25, -0.2) is 13.2 Å². The van der Waals surface area contributed by atoms with Crippen LogP contribution in [0.25, 0.3) is 0 Å². The summed E-state index contributed by atoms with van der Waals surface area (Å²) in [6.07, 6.45) is 1.13. The van der Waals surface area contributed by atoms with Crippen molar-refractivity contribution in [3.63, 3.8) is 0 Å². The molecular weight excluding hydrogens is 444 g/mol. The Kier molecular flexibility index (Phi) is 5.98. The van der Waals surface area contributed by atoms with E-state index in [-0.39, 0.29) is 4.90 Å². The van der Waals surface area contributed by atoms with Crippen molar-refractivity contribution in [1.29, 1.82) is 0 Å². The second kappa shape index (κ2) is 8.60. The van der Waals surface area contributed by atoms with Crippen molar-refractivity contribution < 1.29 is 22.8 Å². The number of hydrogen-bond acceptors (Lipinski definition) is 5. The molecule has 4 rings (SSSR count). The van der Waals surface area contributed by atoms with Crippen LogP contribution in [-0.2, 0) is 31.6 Å². The van der Waals surface area contributed by atoms with Crippen LogP contribution in [0.2, 0.25) is 0 Å². The normalized spacial score (nSPS) is 19.8. The van der Waals surface area contributed by atoms with Gasteiger partial charge in [0.25, 0.3) is 5.91 Å². The van der Waals surface area contributed by atoms with Crippen LogP contribution in [0.3, 0.4) is 0 Å². The van der Waals surface area contributed by atoms with Crippen LogP contribution >= 0.6 is 0 Å². The first kappa shape index (κ1) is 22.9. The number of aryl methyl sites for hydroxylation is 1. The molecule has 33 heavy (non-hydrogen) atoms. The van der Waals surface area contributed by atoms with E-state index >= 15 is 0 Å². The maximum absolute atomic E-state index is 13.2. The fourth-order valence-electron chi connectivity index (χ4n) is 4.50. The Hall–Kier alpha value is -3.24. The molecule has 0 aromatic heterocycles. The van der Waals surface area contributed by atoms with Gasteiger partial charge in [-0.1, -0.05) is 38.1 Å². The summed E-state index contributed by atoms with van der Waals surface area (Å²) in [5.74, 6) is -0.991. The van der Waals surface area contributed by atoms with E-state index in [9.17, 15) is 22.8 Å². The number of amides is 4. The summed E-state index contributed by atoms with van der Waals surface area (Å²) in [6, 6.07) is 12.7. The van der Waals surface area contributed by atoms with E-state index in [1.807, 2.05) is 24.3 Å². The number of nitrogens with zero attached hydrogens (tertiary/aromatic N) is 2. The summed E-state index contributed by atoms with van der Waals surface area (Å²) in [5.41, 5.74) is 1.04. The van der Waals surface area contributed by atoms with Crippen molar-refractivity contribution in [3.8, 4) is 0 Å². The van der Waals surface area contributed by atoms with E-state index in [0.717, 1.165) is 16.0 Å². The SMILES string of the molecule is CCN(CC)S(=O)(=O)c1ccc(NC(=O)CN2C(=O)NC3(CCc4ccccc43)C2=O)cc1. The van der Waals surface area contributed by atoms with Crippen molar-refractivity contribution >= 4 is 33.6 Å². The van der Waals surface area contributed by atoms with Crippen LogP contribution in [0.15, 0.2) is 53.4 Å². The van der Waals surface area contributed by atoms with Crippen molar-refractivity contribution in [1.82, 2.24) is 14.5 Å². The highest BCUT2D eigenvalue weighted by Crippen LogP contribution is 2.41. The number of imide groups is 1. The van der Waals surface area contributed by atoms with Gasteiger partial charge >= 0.3 is 6.03 Å². The molecule has 4 amide bonds. The summed E-state index contributed by atoms with van der Waals surface area (Å²) in [6.45, 7) is 3.80. The lowest BCUT2D eigenvalue weighted by molar-refractivity contribution is -0.134. The van der Waals surface area contributed by atoms with Gasteiger partial charge in [-0.05, 0) is 48.2 Å². The highest BCUT2D eigenvalue weighted by molar-refractivity contribution is 7.89. The summed E-state index contributed by atoms with van der Waals surface area (Å²) in [7, 11) is -3.60. The van der Waals surface area contributed by atoms with E-state index in [1.54, 1.807) is 13.8 Å². The second-order valence-electron chi connectivity index (χ2n) is 8.05. The van der Waals surface area contributed by atoms with Crippen molar-refractivity contribution in [2.45, 2.75) is 37.1 Å². The largest absolute Gasteiger partial charge is 0.325 e. The van der Waals surface area contributed by atoms with Crippen LogP contribution in [-0.4, -0.2) is 55.1 Å². The van der Waals surface area contributed by atoms with Gasteiger partial charge in [-0.3, -0.25) is 14.5 Å². The third-order valence-electron chi connectivity index (χ3n) is 6.21. The quantitative estimate of drug-likeness (QED) is 0.601. The molecule has 1 spiro atoms. The first-order valence-electron chi connectivity index (χ1n) is 10.9. The summed E-state index contributed by atoms with van der Waals surface area (Å²) >= 11 is 0. The van der Waals surface area contributed by atoms with Crippen molar-refractivity contribution in [2.75, 3.05) is 25.0 Å². The lowest BCUT2D eigenvalue weighted by Crippen LogP contribution is -2.43. The zero-order valence-electron chi connectivity index (χ0n) is 18.5. The average molecular weight is 471 g/mol. The molecule has 1 aliphatic heterocycles. The number of benzene rings is 2. The Morgan fingerprint density at radius 2 is 1.76 bits per heavy atom. The topological polar surface area (TPSA) is 116 Å². The molecule has 2 aliphatic rings. The summed E-state index contributed by atoms with van der Waals surface area (Å²) in [5, 5.41) is 5.41. The van der Waals surface area contributed by atoms with Gasteiger partial charge in [0.05, 0.1) is 4.90 Å². The molecule has 1 unspecified atom stereocenters. The minimum atomic E-state index is -3.60. The Bertz CT molecular complexity index is 1210. The smallest absolute Gasteiger partial charge is 0.325 e. The molecule has 2 N–H and O–H groups in total. The lowest BCUT2D eigenvalue weighted by Gasteiger charge is -2.22. The number of anilines is 1. The van der Waals surface area contributed by atoms with Gasteiger partial charge in [0.2, 0.25) is 15.9 Å². The van der Waals surface area contributed by atoms with E-state index in [2.05, 4.69) is 10.6 Å². The van der Waals surface area contributed by atoms with E-state index in [4.69, 9.17) is 0 Å². The predicted octanol–water partition coefficient (Wildman–Crippen LogP) is 2.05. The number of fused-ring (bicyclic) bond motifs is 2. The molecule has 1 atom stereocenters. The second-order valence-corrected chi connectivity index (χ2v) is 9.98. The molecule has 174 valence electrons. The van der Waals surface area contributed by atoms with Crippen LogP contribution < -0.4 is 10.6 Å². The third kappa shape index (κ3) is 3.89. The summed E-state index contributed by atoms with van der Waals surface area (Å²) in [4.78, 5) is 39.4. The molecule has 9 nitrogen and oxygen atoms in total. The maximum Gasteiger partial charge on any atom is 0.325 e. The average Bonchev–Trinajstić information content (AvgIpc) is 3.28. The highest BCUT2D eigenvalue weighted by Gasteiger charge is 2.55. The molecule has 10 heteroatoms. The minimum absolute atomic E-state index is 0.125. The molecule has 0 radical (unpaired) electrons. The maximum atomic E-state index is 13.2. The molecule has 1 fully saturated rings. The Morgan fingerprint density at radius 1 is 1.09 bits per heavy atom. The molecular formula is C23H26N4O5S. The Morgan fingerprint density at radius 3 is 2.42 bits per heavy atom. The van der Waals surface area contributed by atoms with Gasteiger partial charge in [-0.15, -0.1) is 0 Å². The van der Waals surface area contributed by atoms with Gasteiger partial charge < -0.3 is 10.6 Å². The van der Waals surface area contributed by atoms with Gasteiger partial charge in [-0.2, -0.15) is 4.31 Å². The fraction of sp³-hybridized carbons (Fsp3) is 0.348. The van der Waals surface area contributed by atoms with Gasteiger partial charge in [0.15, 0.2) is 0 Å². The first-order chi connectivity index (χ1) is 15.7. The van der Waals surface area contributed by atoms with Crippen molar-refractivity contribution in [2.24, 2.45) is 0 Å². The number of carbonyl (C=O) groups is 3. The molecule has 2 aromatic rings. The predicted molar refractivity (Wildman–Crippen MR) is 122 cm³/mol. The number of carbonyl (C=O) groups excluding carboxylic acids is 3. The monoisotopic (exact) mass is 470 g/mol. The Labute approximate surface area is 192 Å². The highest BCUT2D eigenvalue weighted by atomic mass is 32.2. The van der Waals surface area contributed by atoms with Crippen LogP contribution in [0, 0.1) is 0 Å². The fourth-order valence-corrected chi connectivity index (χ4v) is 5.96. The third-order valence-corrected chi connectivity index (χ3v) is 8.27. The molecule has 0 saturated carbocycles. The molecule has 1 aliphatic carbocycles. The van der Waals surface area contributed by atoms with Crippen LogP contribution in [0.5, 0.6) is 0 Å². The number of nitrogens with one attached hydrogen (secondary N) is 2. The minimum Gasteiger partial charge on any atom is -0.325 e. The molecule has 1 saturated heterocycles. The van der Waals surface area contributed by atoms with Gasteiger partial charge in [0, 0.05) is 18.8 Å². The lowest BCUT2D eigenvalue weighted by atomic mass is 9.92. The van der Waals surface area contributed by atoms with Gasteiger partial charge in [0.1, 0.15) is 12.1 Å². The standard InChI is InChI=1S/C23H26N4O5S/c1-3-26(4-2)33(31,32)18-11-9-17(10-12-18)24-20(28)15-27-21(29)23(25-22(27)30)14-13-16-7-5-6-8-19(16)23/h5-12H,3-4,13-15H2,1-2H3,(H,24,28)(H,25,30). The Balaban J connectivity index is 1.45. The molecule has 2 aromatic carbocycles. The molecule has 1 heterocycles. The van der Waals surface area contributed by atoms with E-state index in [0.29, 0.717) is 31.6 Å². The number of rotatable bonds is 7.